The molecule has 1 aliphatic rings. The van der Waals surface area contributed by atoms with E-state index in [4.69, 9.17) is 0 Å². The molecule has 0 aromatic carbocycles. The maximum Gasteiger partial charge on any atom is 0.329 e. The molecule has 3 rings (SSSR count). The lowest BCUT2D eigenvalue weighted by Crippen LogP contribution is -2.41. The normalized spacial score (nSPS) is 12.9. The summed E-state index contributed by atoms with van der Waals surface area (Å²) >= 11 is 0. The van der Waals surface area contributed by atoms with Gasteiger partial charge in [-0.25, -0.2) is 10.4 Å². The summed E-state index contributed by atoms with van der Waals surface area (Å²) in [6, 6.07) is 0. The Morgan fingerprint density at radius 2 is 2.30 bits per heavy atom. The van der Waals surface area contributed by atoms with Gasteiger partial charge in [-0.05, 0) is 6.42 Å². The molecular weight excluding hydrogens is 256 g/mol. The van der Waals surface area contributed by atoms with Crippen LogP contribution in [0, 0.1) is 0 Å². The average Bonchev–Trinajstić information content (AvgIpc) is 2.51. The molecule has 0 radical (unpaired) electrons. The number of hydrogen-bond donors (Lipinski definition) is 3. The number of hydrogen-bond acceptors (Lipinski definition) is 5. The number of carbonyl (C=O) groups excluding carboxylic acids is 1. The van der Waals surface area contributed by atoms with Gasteiger partial charge in [0.25, 0.3) is 5.91 Å². The number of rotatable bonds is 3. The lowest BCUT2D eigenvalue weighted by Gasteiger charge is -2.14. The first-order chi connectivity index (χ1) is 9.79. The fourth-order valence-electron chi connectivity index (χ4n) is 1.98. The Kier molecular flexibility index (Phi) is 3.16. The van der Waals surface area contributed by atoms with Crippen molar-refractivity contribution >= 4 is 23.3 Å². The monoisotopic (exact) mass is 271 g/mol. The van der Waals surface area contributed by atoms with Crippen molar-refractivity contribution in [2.45, 2.75) is 13.3 Å². The number of nitrogens with one attached hydrogen (secondary N) is 3. The van der Waals surface area contributed by atoms with Crippen molar-refractivity contribution in [2.75, 3.05) is 12.0 Å². The van der Waals surface area contributed by atoms with Crippen LogP contribution in [0.1, 0.15) is 19.0 Å². The molecular formula is C13H15N6O+. The zero-order chi connectivity index (χ0) is 13.9. The summed E-state index contributed by atoms with van der Waals surface area (Å²) in [4.78, 5) is 20.3. The fraction of sp³-hybridized carbons (Fsp3) is 0.231. The zero-order valence-electron chi connectivity index (χ0n) is 11.1. The number of amides is 1. The van der Waals surface area contributed by atoms with Gasteiger partial charge >= 0.3 is 5.82 Å². The molecule has 20 heavy (non-hydrogen) atoms. The average molecular weight is 271 g/mol. The summed E-state index contributed by atoms with van der Waals surface area (Å²) in [7, 11) is 0. The lowest BCUT2D eigenvalue weighted by molar-refractivity contribution is -0.497. The van der Waals surface area contributed by atoms with Crippen molar-refractivity contribution in [3.05, 3.63) is 36.2 Å². The number of nitrogens with zero attached hydrogens (tertiary/aromatic N) is 3. The first-order valence-electron chi connectivity index (χ1n) is 6.46. The molecule has 2 aromatic heterocycles. The van der Waals surface area contributed by atoms with Crippen molar-refractivity contribution in [2.24, 2.45) is 0 Å². The van der Waals surface area contributed by atoms with Gasteiger partial charge in [0.05, 0.1) is 18.6 Å². The molecule has 0 saturated carbocycles. The molecule has 0 atom stereocenters. The van der Waals surface area contributed by atoms with E-state index in [2.05, 4.69) is 26.1 Å². The molecule has 0 bridgehead atoms. The van der Waals surface area contributed by atoms with Crippen molar-refractivity contribution in [1.82, 2.24) is 20.7 Å². The molecule has 3 N–H and O–H groups in total. The van der Waals surface area contributed by atoms with Crippen LogP contribution < -0.4 is 20.6 Å². The minimum absolute atomic E-state index is 0.147. The summed E-state index contributed by atoms with van der Waals surface area (Å²) in [5, 5.41) is 2.82. The molecule has 0 aliphatic carbocycles. The maximum atomic E-state index is 11.9. The molecule has 0 spiro atoms. The first-order valence-corrected chi connectivity index (χ1v) is 6.46. The van der Waals surface area contributed by atoms with E-state index in [0.717, 1.165) is 17.8 Å². The van der Waals surface area contributed by atoms with Crippen LogP contribution in [0.15, 0.2) is 30.5 Å². The predicted molar refractivity (Wildman–Crippen MR) is 73.2 cm³/mol. The highest BCUT2D eigenvalue weighted by Gasteiger charge is 2.23. The van der Waals surface area contributed by atoms with Gasteiger partial charge in [0, 0.05) is 12.6 Å². The van der Waals surface area contributed by atoms with Crippen LogP contribution in [-0.4, -0.2) is 22.4 Å². The topological polar surface area (TPSA) is 83.0 Å². The maximum absolute atomic E-state index is 11.9. The largest absolute Gasteiger partial charge is 0.351 e. The van der Waals surface area contributed by atoms with Crippen LogP contribution in [-0.2, 0) is 4.79 Å². The Morgan fingerprint density at radius 3 is 3.15 bits per heavy atom. The van der Waals surface area contributed by atoms with Gasteiger partial charge in [-0.15, -0.1) is 0 Å². The van der Waals surface area contributed by atoms with Crippen LogP contribution in [0.25, 0.3) is 11.6 Å². The zero-order valence-corrected chi connectivity index (χ0v) is 11.1. The van der Waals surface area contributed by atoms with Gasteiger partial charge < -0.3 is 5.32 Å². The minimum atomic E-state index is -0.147. The smallest absolute Gasteiger partial charge is 0.329 e. The van der Waals surface area contributed by atoms with Gasteiger partial charge in [0.15, 0.2) is 11.2 Å². The lowest BCUT2D eigenvalue weighted by atomic mass is 10.2. The van der Waals surface area contributed by atoms with E-state index in [1.165, 1.54) is 0 Å². The van der Waals surface area contributed by atoms with Crippen LogP contribution in [0.5, 0.6) is 0 Å². The highest BCUT2D eigenvalue weighted by atomic mass is 16.2. The van der Waals surface area contributed by atoms with Gasteiger partial charge in [-0.1, -0.05) is 6.92 Å². The molecule has 102 valence electrons. The number of aromatic nitrogens is 3. The Bertz CT molecular complexity index is 696. The molecule has 1 amide bonds. The molecule has 0 fully saturated rings. The van der Waals surface area contributed by atoms with Crippen molar-refractivity contribution in [1.29, 1.82) is 0 Å². The van der Waals surface area contributed by atoms with Gasteiger partial charge in [0.2, 0.25) is 0 Å². The van der Waals surface area contributed by atoms with E-state index in [1.54, 1.807) is 24.7 Å². The van der Waals surface area contributed by atoms with Crippen LogP contribution >= 0.6 is 0 Å². The van der Waals surface area contributed by atoms with Gasteiger partial charge in [0.1, 0.15) is 11.9 Å². The van der Waals surface area contributed by atoms with E-state index in [1.807, 2.05) is 17.5 Å². The molecule has 0 saturated heterocycles. The SMILES string of the molecule is CCCNC(=O)C1=Cc2ncc3cncc[n+]3c2NN1. The quantitative estimate of drug-likeness (QED) is 0.685. The molecule has 3 heterocycles. The Hall–Kier alpha value is -2.70. The van der Waals surface area contributed by atoms with E-state index in [9.17, 15) is 4.79 Å². The van der Waals surface area contributed by atoms with Crippen LogP contribution in [0.3, 0.4) is 0 Å². The van der Waals surface area contributed by atoms with E-state index in [0.29, 0.717) is 17.9 Å². The van der Waals surface area contributed by atoms with Gasteiger partial charge in [-0.3, -0.25) is 9.78 Å². The Morgan fingerprint density at radius 1 is 1.40 bits per heavy atom. The third-order valence-electron chi connectivity index (χ3n) is 2.98. The third-order valence-corrected chi connectivity index (χ3v) is 2.98. The number of carbonyl (C=O) groups is 1. The second-order valence-electron chi connectivity index (χ2n) is 4.43. The van der Waals surface area contributed by atoms with E-state index >= 15 is 0 Å². The molecule has 1 aliphatic heterocycles. The predicted octanol–water partition coefficient (Wildman–Crippen LogP) is 0.0125. The first kappa shape index (κ1) is 12.3. The van der Waals surface area contributed by atoms with Crippen molar-refractivity contribution in [3.8, 4) is 0 Å². The summed E-state index contributed by atoms with van der Waals surface area (Å²) in [6.07, 6.45) is 9.60. The van der Waals surface area contributed by atoms with Crippen molar-refractivity contribution < 1.29 is 9.20 Å². The second-order valence-corrected chi connectivity index (χ2v) is 4.43. The summed E-state index contributed by atoms with van der Waals surface area (Å²) in [5.74, 6) is 0.628. The molecule has 7 nitrogen and oxygen atoms in total. The summed E-state index contributed by atoms with van der Waals surface area (Å²) in [6.45, 7) is 2.66. The number of fused-ring (bicyclic) bond motifs is 3. The molecule has 0 unspecified atom stereocenters. The van der Waals surface area contributed by atoms with Crippen LogP contribution in [0.4, 0.5) is 5.82 Å². The highest BCUT2D eigenvalue weighted by molar-refractivity contribution is 5.98. The Balaban J connectivity index is 1.97. The Labute approximate surface area is 115 Å². The van der Waals surface area contributed by atoms with E-state index < -0.39 is 0 Å². The summed E-state index contributed by atoms with van der Waals surface area (Å²) in [5.41, 5.74) is 7.92. The third kappa shape index (κ3) is 2.13. The molecule has 2 aromatic rings. The standard InChI is InChI=1S/C13H14N6O/c1-2-3-15-13(20)11-6-10-12(18-17-11)19-5-4-14-7-9(19)8-16-10/h4-8H,2-3H2,1H3,(H2,14,15,16,17,20)/p+1. The van der Waals surface area contributed by atoms with Crippen LogP contribution in [0.2, 0.25) is 0 Å². The summed E-state index contributed by atoms with van der Waals surface area (Å²) < 4.78 is 1.92. The minimum Gasteiger partial charge on any atom is -0.351 e. The van der Waals surface area contributed by atoms with Crippen molar-refractivity contribution in [3.63, 3.8) is 0 Å². The highest BCUT2D eigenvalue weighted by Crippen LogP contribution is 2.15. The number of hydrazine groups is 1. The van der Waals surface area contributed by atoms with Gasteiger partial charge in [-0.2, -0.15) is 9.83 Å². The molecule has 7 heteroatoms. The van der Waals surface area contributed by atoms with E-state index in [-0.39, 0.29) is 5.91 Å². The number of anilines is 1. The fourth-order valence-corrected chi connectivity index (χ4v) is 1.98. The second kappa shape index (κ2) is 5.12.